The molecule has 0 saturated carbocycles. The van der Waals surface area contributed by atoms with Crippen molar-refractivity contribution in [1.29, 1.82) is 0 Å². The number of ketones is 1. The van der Waals surface area contributed by atoms with Gasteiger partial charge in [0, 0.05) is 21.4 Å². The Morgan fingerprint density at radius 3 is 1.75 bits per heavy atom. The van der Waals surface area contributed by atoms with Crippen LogP contribution < -0.4 is 10.6 Å². The van der Waals surface area contributed by atoms with Gasteiger partial charge in [0.2, 0.25) is 0 Å². The molecule has 0 aromatic heterocycles. The summed E-state index contributed by atoms with van der Waals surface area (Å²) >= 11 is 3.33. The Balaban J connectivity index is 1.97. The molecule has 2 amide bonds. The molecule has 2 aromatic carbocycles. The summed E-state index contributed by atoms with van der Waals surface area (Å²) in [5.41, 5.74) is 1.94. The lowest BCUT2D eigenvalue weighted by Gasteiger charge is -2.08. The molecule has 0 heterocycles. The topological polar surface area (TPSA) is 58.2 Å². The first-order valence-corrected chi connectivity index (χ1v) is 6.78. The summed E-state index contributed by atoms with van der Waals surface area (Å²) in [6.07, 6.45) is 0. The molecule has 0 fully saturated rings. The van der Waals surface area contributed by atoms with Crippen LogP contribution in [0.4, 0.5) is 16.2 Å². The molecular weight excluding hydrogens is 320 g/mol. The van der Waals surface area contributed by atoms with Gasteiger partial charge in [0.05, 0.1) is 0 Å². The first kappa shape index (κ1) is 14.3. The van der Waals surface area contributed by atoms with Gasteiger partial charge in [-0.1, -0.05) is 15.9 Å². The Labute approximate surface area is 125 Å². The quantitative estimate of drug-likeness (QED) is 0.823. The first-order chi connectivity index (χ1) is 9.54. The fourth-order valence-electron chi connectivity index (χ4n) is 1.61. The fourth-order valence-corrected chi connectivity index (χ4v) is 1.88. The number of halogens is 1. The van der Waals surface area contributed by atoms with Gasteiger partial charge in [-0.2, -0.15) is 0 Å². The molecule has 4 nitrogen and oxygen atoms in total. The molecule has 2 aromatic rings. The zero-order valence-corrected chi connectivity index (χ0v) is 12.4. The molecule has 0 aliphatic carbocycles. The normalized spacial score (nSPS) is 9.90. The number of hydrogen-bond acceptors (Lipinski definition) is 2. The lowest BCUT2D eigenvalue weighted by Crippen LogP contribution is -2.19. The maximum atomic E-state index is 11.8. The monoisotopic (exact) mass is 332 g/mol. The van der Waals surface area contributed by atoms with Gasteiger partial charge in [-0.25, -0.2) is 4.79 Å². The molecule has 0 aliphatic heterocycles. The number of nitrogens with one attached hydrogen (secondary N) is 2. The van der Waals surface area contributed by atoms with Crippen molar-refractivity contribution in [3.8, 4) is 0 Å². The van der Waals surface area contributed by atoms with Crippen molar-refractivity contribution in [3.05, 3.63) is 58.6 Å². The standard InChI is InChI=1S/C15H13BrN2O2/c1-10(19)11-2-6-13(7-3-11)17-15(20)18-14-8-4-12(16)5-9-14/h2-9H,1H3,(H2,17,18,20). The summed E-state index contributed by atoms with van der Waals surface area (Å²) in [5.74, 6) is -0.00383. The third kappa shape index (κ3) is 3.93. The van der Waals surface area contributed by atoms with Gasteiger partial charge in [0.1, 0.15) is 0 Å². The molecule has 0 unspecified atom stereocenters. The summed E-state index contributed by atoms with van der Waals surface area (Å²) < 4.78 is 0.947. The SMILES string of the molecule is CC(=O)c1ccc(NC(=O)Nc2ccc(Br)cc2)cc1. The molecule has 20 heavy (non-hydrogen) atoms. The van der Waals surface area contributed by atoms with E-state index in [0.717, 1.165) is 4.47 Å². The van der Waals surface area contributed by atoms with E-state index in [9.17, 15) is 9.59 Å². The molecule has 0 radical (unpaired) electrons. The molecule has 5 heteroatoms. The van der Waals surface area contributed by atoms with Crippen molar-refractivity contribution < 1.29 is 9.59 Å². The first-order valence-electron chi connectivity index (χ1n) is 5.99. The van der Waals surface area contributed by atoms with Gasteiger partial charge < -0.3 is 10.6 Å². The third-order valence-electron chi connectivity index (χ3n) is 2.65. The number of urea groups is 1. The van der Waals surface area contributed by atoms with E-state index in [4.69, 9.17) is 0 Å². The molecule has 102 valence electrons. The maximum absolute atomic E-state index is 11.8. The third-order valence-corrected chi connectivity index (χ3v) is 3.18. The number of anilines is 2. The van der Waals surface area contributed by atoms with Gasteiger partial charge >= 0.3 is 6.03 Å². The highest BCUT2D eigenvalue weighted by Crippen LogP contribution is 2.15. The maximum Gasteiger partial charge on any atom is 0.323 e. The van der Waals surface area contributed by atoms with E-state index >= 15 is 0 Å². The molecule has 0 saturated heterocycles. The van der Waals surface area contributed by atoms with Gasteiger partial charge in [0.15, 0.2) is 5.78 Å². The zero-order chi connectivity index (χ0) is 14.5. The Kier molecular flexibility index (Phi) is 4.53. The molecule has 2 rings (SSSR count). The number of carbonyl (C=O) groups excluding carboxylic acids is 2. The second kappa shape index (κ2) is 6.34. The number of Topliss-reactive ketones (excluding diaryl/α,β-unsaturated/α-hetero) is 1. The number of hydrogen-bond donors (Lipinski definition) is 2. The van der Waals surface area contributed by atoms with Crippen molar-refractivity contribution in [2.75, 3.05) is 10.6 Å². The van der Waals surface area contributed by atoms with E-state index in [2.05, 4.69) is 26.6 Å². The summed E-state index contributed by atoms with van der Waals surface area (Å²) in [4.78, 5) is 22.9. The van der Waals surface area contributed by atoms with Crippen molar-refractivity contribution in [3.63, 3.8) is 0 Å². The van der Waals surface area contributed by atoms with Crippen molar-refractivity contribution in [1.82, 2.24) is 0 Å². The van der Waals surface area contributed by atoms with E-state index in [-0.39, 0.29) is 11.8 Å². The van der Waals surface area contributed by atoms with Crippen molar-refractivity contribution in [2.45, 2.75) is 6.92 Å². The minimum atomic E-state index is -0.331. The van der Waals surface area contributed by atoms with Crippen LogP contribution in [0, 0.1) is 0 Å². The number of benzene rings is 2. The molecule has 2 N–H and O–H groups in total. The van der Waals surface area contributed by atoms with E-state index < -0.39 is 0 Å². The average molecular weight is 333 g/mol. The van der Waals surface area contributed by atoms with Gasteiger partial charge in [-0.3, -0.25) is 4.79 Å². The molecule has 0 aliphatic rings. The van der Waals surface area contributed by atoms with Crippen LogP contribution >= 0.6 is 15.9 Å². The Bertz CT molecular complexity index is 621. The zero-order valence-electron chi connectivity index (χ0n) is 10.8. The van der Waals surface area contributed by atoms with Crippen LogP contribution in [0.25, 0.3) is 0 Å². The van der Waals surface area contributed by atoms with Crippen LogP contribution in [0.1, 0.15) is 17.3 Å². The van der Waals surface area contributed by atoms with Crippen LogP contribution in [0.5, 0.6) is 0 Å². The highest BCUT2D eigenvalue weighted by Gasteiger charge is 2.04. The van der Waals surface area contributed by atoms with Crippen LogP contribution in [0.15, 0.2) is 53.0 Å². The van der Waals surface area contributed by atoms with Crippen molar-refractivity contribution >= 4 is 39.1 Å². The van der Waals surface area contributed by atoms with E-state index in [0.29, 0.717) is 16.9 Å². The van der Waals surface area contributed by atoms with Crippen LogP contribution in [0.3, 0.4) is 0 Å². The van der Waals surface area contributed by atoms with E-state index in [1.807, 2.05) is 12.1 Å². The van der Waals surface area contributed by atoms with Gasteiger partial charge in [-0.15, -0.1) is 0 Å². The second-order valence-corrected chi connectivity index (χ2v) is 5.14. The minimum Gasteiger partial charge on any atom is -0.308 e. The van der Waals surface area contributed by atoms with E-state index in [1.165, 1.54) is 6.92 Å². The average Bonchev–Trinajstić information content (AvgIpc) is 2.42. The minimum absolute atomic E-state index is 0.00383. The molecule has 0 atom stereocenters. The smallest absolute Gasteiger partial charge is 0.308 e. The lowest BCUT2D eigenvalue weighted by molar-refractivity contribution is 0.101. The van der Waals surface area contributed by atoms with Crippen LogP contribution in [0.2, 0.25) is 0 Å². The predicted octanol–water partition coefficient (Wildman–Crippen LogP) is 4.30. The number of carbonyl (C=O) groups is 2. The highest BCUT2D eigenvalue weighted by molar-refractivity contribution is 9.10. The highest BCUT2D eigenvalue weighted by atomic mass is 79.9. The Hall–Kier alpha value is -2.14. The summed E-state index contributed by atoms with van der Waals surface area (Å²) in [5, 5.41) is 5.42. The Morgan fingerprint density at radius 2 is 1.30 bits per heavy atom. The molecular formula is C15H13BrN2O2. The second-order valence-electron chi connectivity index (χ2n) is 4.22. The van der Waals surface area contributed by atoms with Gasteiger partial charge in [0.25, 0.3) is 0 Å². The molecule has 0 bridgehead atoms. The van der Waals surface area contributed by atoms with E-state index in [1.54, 1.807) is 36.4 Å². The van der Waals surface area contributed by atoms with Gasteiger partial charge in [-0.05, 0) is 55.5 Å². The molecule has 0 spiro atoms. The summed E-state index contributed by atoms with van der Waals surface area (Å²) in [6, 6.07) is 13.7. The Morgan fingerprint density at radius 1 is 0.850 bits per heavy atom. The number of rotatable bonds is 3. The van der Waals surface area contributed by atoms with Crippen molar-refractivity contribution in [2.24, 2.45) is 0 Å². The predicted molar refractivity (Wildman–Crippen MR) is 83.2 cm³/mol. The summed E-state index contributed by atoms with van der Waals surface area (Å²) in [7, 11) is 0. The number of amides is 2. The van der Waals surface area contributed by atoms with Crippen LogP contribution in [-0.4, -0.2) is 11.8 Å². The fraction of sp³-hybridized carbons (Fsp3) is 0.0667. The lowest BCUT2D eigenvalue weighted by atomic mass is 10.1. The summed E-state index contributed by atoms with van der Waals surface area (Å²) in [6.45, 7) is 1.50. The van der Waals surface area contributed by atoms with Crippen LogP contribution in [-0.2, 0) is 0 Å². The largest absolute Gasteiger partial charge is 0.323 e.